The number of amides is 3. The first kappa shape index (κ1) is 13.6. The molecule has 6 nitrogen and oxygen atoms in total. The van der Waals surface area contributed by atoms with Gasteiger partial charge in [0.2, 0.25) is 11.8 Å². The highest BCUT2D eigenvalue weighted by atomic mass is 16.2. The van der Waals surface area contributed by atoms with Gasteiger partial charge in [-0.2, -0.15) is 0 Å². The molecule has 0 aliphatic carbocycles. The van der Waals surface area contributed by atoms with Crippen LogP contribution in [0.1, 0.15) is 35.7 Å². The molecule has 2 heterocycles. The summed E-state index contributed by atoms with van der Waals surface area (Å²) in [6, 6.07) is 5.06. The fourth-order valence-corrected chi connectivity index (χ4v) is 2.89. The van der Waals surface area contributed by atoms with Gasteiger partial charge in [-0.15, -0.1) is 0 Å². The number of hydrogen-bond donors (Lipinski definition) is 2. The first-order valence-electron chi connectivity index (χ1n) is 7.11. The van der Waals surface area contributed by atoms with Crippen molar-refractivity contribution in [2.75, 3.05) is 11.9 Å². The van der Waals surface area contributed by atoms with Gasteiger partial charge in [0.05, 0.1) is 0 Å². The Labute approximate surface area is 122 Å². The summed E-state index contributed by atoms with van der Waals surface area (Å²) < 4.78 is 0. The summed E-state index contributed by atoms with van der Waals surface area (Å²) in [6.07, 6.45) is 0.670. The number of nitrogens with one attached hydrogen (secondary N) is 2. The molecule has 6 heteroatoms. The van der Waals surface area contributed by atoms with Crippen LogP contribution in [0.2, 0.25) is 0 Å². The van der Waals surface area contributed by atoms with E-state index in [0.717, 1.165) is 17.8 Å². The van der Waals surface area contributed by atoms with Crippen LogP contribution < -0.4 is 10.6 Å². The van der Waals surface area contributed by atoms with E-state index >= 15 is 0 Å². The molecule has 2 N–H and O–H groups in total. The number of fused-ring (bicyclic) bond motifs is 1. The van der Waals surface area contributed by atoms with Gasteiger partial charge in [-0.3, -0.25) is 19.7 Å². The first-order chi connectivity index (χ1) is 10.1. The Bertz CT molecular complexity index is 627. The number of imide groups is 1. The Hall–Kier alpha value is -2.37. The molecule has 21 heavy (non-hydrogen) atoms. The molecule has 2 aliphatic rings. The van der Waals surface area contributed by atoms with Gasteiger partial charge >= 0.3 is 0 Å². The monoisotopic (exact) mass is 287 g/mol. The zero-order valence-corrected chi connectivity index (χ0v) is 11.8. The highest BCUT2D eigenvalue weighted by Gasteiger charge is 2.38. The fourth-order valence-electron chi connectivity index (χ4n) is 2.89. The lowest BCUT2D eigenvalue weighted by Gasteiger charge is -2.29. The Morgan fingerprint density at radius 3 is 2.86 bits per heavy atom. The van der Waals surface area contributed by atoms with Crippen LogP contribution in [-0.2, 0) is 16.1 Å². The highest BCUT2D eigenvalue weighted by Crippen LogP contribution is 2.29. The van der Waals surface area contributed by atoms with E-state index in [1.807, 2.05) is 19.1 Å². The topological polar surface area (TPSA) is 78.5 Å². The second-order valence-corrected chi connectivity index (χ2v) is 5.30. The predicted octanol–water partition coefficient (Wildman–Crippen LogP) is 0.879. The lowest BCUT2D eigenvalue weighted by atomic mass is 10.0. The molecule has 110 valence electrons. The van der Waals surface area contributed by atoms with E-state index in [1.54, 1.807) is 11.0 Å². The number of carbonyl (C=O) groups excluding carboxylic acids is 3. The third-order valence-corrected chi connectivity index (χ3v) is 3.90. The zero-order valence-electron chi connectivity index (χ0n) is 11.8. The minimum Gasteiger partial charge on any atom is -0.385 e. The van der Waals surface area contributed by atoms with Crippen molar-refractivity contribution in [2.45, 2.75) is 32.4 Å². The van der Waals surface area contributed by atoms with Crippen molar-refractivity contribution in [3.05, 3.63) is 29.3 Å². The number of hydrogen-bond acceptors (Lipinski definition) is 4. The van der Waals surface area contributed by atoms with Crippen molar-refractivity contribution >= 4 is 23.4 Å². The molecule has 2 aliphatic heterocycles. The molecule has 0 spiro atoms. The number of rotatable bonds is 3. The molecule has 3 amide bonds. The van der Waals surface area contributed by atoms with Gasteiger partial charge in [-0.05, 0) is 37.1 Å². The van der Waals surface area contributed by atoms with Crippen LogP contribution in [0.25, 0.3) is 0 Å². The number of nitrogens with zero attached hydrogens (tertiary/aromatic N) is 1. The van der Waals surface area contributed by atoms with Crippen molar-refractivity contribution in [2.24, 2.45) is 0 Å². The fraction of sp³-hybridized carbons (Fsp3) is 0.400. The maximum Gasteiger partial charge on any atom is 0.255 e. The Morgan fingerprint density at radius 1 is 1.33 bits per heavy atom. The van der Waals surface area contributed by atoms with Crippen LogP contribution >= 0.6 is 0 Å². The van der Waals surface area contributed by atoms with E-state index in [-0.39, 0.29) is 24.1 Å². The maximum absolute atomic E-state index is 12.4. The predicted molar refractivity (Wildman–Crippen MR) is 76.7 cm³/mol. The van der Waals surface area contributed by atoms with Crippen LogP contribution in [0.4, 0.5) is 5.69 Å². The molecule has 1 fully saturated rings. The van der Waals surface area contributed by atoms with E-state index in [4.69, 9.17) is 0 Å². The summed E-state index contributed by atoms with van der Waals surface area (Å²) in [5, 5.41) is 5.51. The molecule has 0 saturated carbocycles. The minimum atomic E-state index is -0.551. The van der Waals surface area contributed by atoms with E-state index in [2.05, 4.69) is 10.6 Å². The molecular weight excluding hydrogens is 270 g/mol. The second-order valence-electron chi connectivity index (χ2n) is 5.30. The number of carbonyl (C=O) groups is 3. The number of benzene rings is 1. The minimum absolute atomic E-state index is 0.137. The maximum atomic E-state index is 12.4. The Balaban J connectivity index is 1.83. The molecule has 3 rings (SSSR count). The van der Waals surface area contributed by atoms with Gasteiger partial charge in [0.1, 0.15) is 6.04 Å². The number of piperidine rings is 1. The van der Waals surface area contributed by atoms with Crippen LogP contribution in [0.5, 0.6) is 0 Å². The van der Waals surface area contributed by atoms with Crippen molar-refractivity contribution in [1.29, 1.82) is 0 Å². The number of anilines is 1. The van der Waals surface area contributed by atoms with Crippen molar-refractivity contribution in [1.82, 2.24) is 10.2 Å². The van der Waals surface area contributed by atoms with Gasteiger partial charge in [-0.1, -0.05) is 0 Å². The molecule has 0 aromatic heterocycles. The third kappa shape index (κ3) is 2.37. The van der Waals surface area contributed by atoms with E-state index in [9.17, 15) is 14.4 Å². The standard InChI is InChI=1S/C15H17N3O3/c1-2-16-10-3-4-11-9(7-10)8-18(15(11)21)12-5-6-13(19)17-14(12)20/h3-4,7,12,16H,2,5-6,8H2,1H3,(H,17,19,20). The smallest absolute Gasteiger partial charge is 0.255 e. The summed E-state index contributed by atoms with van der Waals surface area (Å²) in [6.45, 7) is 3.23. The molecule has 1 aromatic carbocycles. The lowest BCUT2D eigenvalue weighted by molar-refractivity contribution is -0.136. The third-order valence-electron chi connectivity index (χ3n) is 3.90. The summed E-state index contributed by atoms with van der Waals surface area (Å²) in [5.41, 5.74) is 2.53. The molecule has 0 radical (unpaired) electrons. The molecule has 1 atom stereocenters. The Kier molecular flexibility index (Phi) is 3.37. The van der Waals surface area contributed by atoms with Crippen molar-refractivity contribution in [3.8, 4) is 0 Å². The zero-order chi connectivity index (χ0) is 15.0. The Morgan fingerprint density at radius 2 is 2.14 bits per heavy atom. The quantitative estimate of drug-likeness (QED) is 0.809. The van der Waals surface area contributed by atoms with Crippen molar-refractivity contribution < 1.29 is 14.4 Å². The lowest BCUT2D eigenvalue weighted by Crippen LogP contribution is -2.52. The van der Waals surface area contributed by atoms with E-state index in [0.29, 0.717) is 18.5 Å². The SMILES string of the molecule is CCNc1ccc2c(c1)CN(C1CCC(=O)NC1=O)C2=O. The van der Waals surface area contributed by atoms with Crippen LogP contribution in [0.3, 0.4) is 0 Å². The molecular formula is C15H17N3O3. The molecule has 0 bridgehead atoms. The van der Waals surface area contributed by atoms with Crippen LogP contribution in [0.15, 0.2) is 18.2 Å². The van der Waals surface area contributed by atoms with Gasteiger partial charge in [-0.25, -0.2) is 0 Å². The summed E-state index contributed by atoms with van der Waals surface area (Å²) in [7, 11) is 0. The molecule has 1 unspecified atom stereocenters. The van der Waals surface area contributed by atoms with Gasteiger partial charge < -0.3 is 10.2 Å². The van der Waals surface area contributed by atoms with Crippen molar-refractivity contribution in [3.63, 3.8) is 0 Å². The van der Waals surface area contributed by atoms with E-state index in [1.165, 1.54) is 0 Å². The molecule has 1 saturated heterocycles. The van der Waals surface area contributed by atoms with Gasteiger partial charge in [0.15, 0.2) is 0 Å². The summed E-state index contributed by atoms with van der Waals surface area (Å²) >= 11 is 0. The van der Waals surface area contributed by atoms with E-state index < -0.39 is 6.04 Å². The van der Waals surface area contributed by atoms with Gasteiger partial charge in [0.25, 0.3) is 5.91 Å². The molecule has 1 aromatic rings. The summed E-state index contributed by atoms with van der Waals surface area (Å²) in [5.74, 6) is -0.781. The van der Waals surface area contributed by atoms with Gasteiger partial charge in [0, 0.05) is 30.8 Å². The first-order valence-corrected chi connectivity index (χ1v) is 7.11. The normalized spacial score (nSPS) is 21.3. The second kappa shape index (κ2) is 5.20. The highest BCUT2D eigenvalue weighted by molar-refractivity contribution is 6.05. The summed E-state index contributed by atoms with van der Waals surface area (Å²) in [4.78, 5) is 37.1. The van der Waals surface area contributed by atoms with Crippen LogP contribution in [0, 0.1) is 0 Å². The average Bonchev–Trinajstić information content (AvgIpc) is 2.76. The average molecular weight is 287 g/mol. The van der Waals surface area contributed by atoms with Crippen LogP contribution in [-0.4, -0.2) is 35.2 Å². The largest absolute Gasteiger partial charge is 0.385 e.